The summed E-state index contributed by atoms with van der Waals surface area (Å²) in [6, 6.07) is 7.01. The number of methoxy groups -OCH3 is 1. The third kappa shape index (κ3) is 4.07. The van der Waals surface area contributed by atoms with Gasteiger partial charge in [0.2, 0.25) is 0 Å². The van der Waals surface area contributed by atoms with Crippen molar-refractivity contribution in [2.75, 3.05) is 19.0 Å². The lowest BCUT2D eigenvalue weighted by molar-refractivity contribution is -0.139. The first kappa shape index (κ1) is 13.5. The summed E-state index contributed by atoms with van der Waals surface area (Å²) in [5.74, 6) is -0.964. The summed E-state index contributed by atoms with van der Waals surface area (Å²) in [6.07, 6.45) is 0. The highest BCUT2D eigenvalue weighted by atomic mass is 16.5. The van der Waals surface area contributed by atoms with Crippen molar-refractivity contribution in [3.63, 3.8) is 0 Å². The van der Waals surface area contributed by atoms with Crippen molar-refractivity contribution >= 4 is 11.7 Å². The largest absolute Gasteiger partial charge is 0.480 e. The standard InChI is InChI=1S/C13H19NO3/c1-9-4-6-11(7-5-9)14-12(13(15)16)10(2)8-17-3/h4-7,10,12,14H,8H2,1-3H3,(H,15,16). The Morgan fingerprint density at radius 1 is 1.41 bits per heavy atom. The van der Waals surface area contributed by atoms with E-state index in [1.165, 1.54) is 0 Å². The van der Waals surface area contributed by atoms with Crippen molar-refractivity contribution in [2.45, 2.75) is 19.9 Å². The zero-order valence-corrected chi connectivity index (χ0v) is 10.4. The maximum atomic E-state index is 11.2. The molecule has 0 saturated carbocycles. The van der Waals surface area contributed by atoms with Crippen LogP contribution in [0.3, 0.4) is 0 Å². The molecule has 1 aromatic carbocycles. The van der Waals surface area contributed by atoms with Gasteiger partial charge in [0.1, 0.15) is 6.04 Å². The molecule has 0 aliphatic rings. The Hall–Kier alpha value is -1.55. The van der Waals surface area contributed by atoms with Crippen LogP contribution >= 0.6 is 0 Å². The van der Waals surface area contributed by atoms with Crippen LogP contribution in [0.4, 0.5) is 5.69 Å². The van der Waals surface area contributed by atoms with Gasteiger partial charge in [-0.3, -0.25) is 0 Å². The fourth-order valence-electron chi connectivity index (χ4n) is 1.64. The lowest BCUT2D eigenvalue weighted by atomic mass is 10.0. The van der Waals surface area contributed by atoms with Crippen LogP contribution in [0, 0.1) is 12.8 Å². The molecule has 0 aliphatic heterocycles. The van der Waals surface area contributed by atoms with E-state index in [0.29, 0.717) is 6.61 Å². The van der Waals surface area contributed by atoms with E-state index in [2.05, 4.69) is 5.32 Å². The highest BCUT2D eigenvalue weighted by molar-refractivity contribution is 5.77. The minimum atomic E-state index is -0.866. The molecule has 0 fully saturated rings. The van der Waals surface area contributed by atoms with Gasteiger partial charge in [-0.15, -0.1) is 0 Å². The molecule has 0 aliphatic carbocycles. The number of aryl methyl sites for hydroxylation is 1. The van der Waals surface area contributed by atoms with E-state index in [4.69, 9.17) is 9.84 Å². The number of rotatable bonds is 6. The molecule has 2 unspecified atom stereocenters. The molecule has 1 rings (SSSR count). The van der Waals surface area contributed by atoms with Crippen LogP contribution in [0.15, 0.2) is 24.3 Å². The quantitative estimate of drug-likeness (QED) is 0.796. The van der Waals surface area contributed by atoms with E-state index in [1.807, 2.05) is 38.1 Å². The molecule has 0 amide bonds. The molecule has 0 bridgehead atoms. The summed E-state index contributed by atoms with van der Waals surface area (Å²) in [4.78, 5) is 11.2. The lowest BCUT2D eigenvalue weighted by Crippen LogP contribution is -2.37. The summed E-state index contributed by atoms with van der Waals surface area (Å²) < 4.78 is 4.99. The maximum absolute atomic E-state index is 11.2. The minimum Gasteiger partial charge on any atom is -0.480 e. The average molecular weight is 237 g/mol. The third-order valence-electron chi connectivity index (χ3n) is 2.64. The second-order valence-corrected chi connectivity index (χ2v) is 4.26. The van der Waals surface area contributed by atoms with Gasteiger partial charge in [0.25, 0.3) is 0 Å². The molecule has 94 valence electrons. The Bertz CT molecular complexity index is 361. The predicted octanol–water partition coefficient (Wildman–Crippen LogP) is 2.14. The molecular weight excluding hydrogens is 218 g/mol. The molecule has 0 heterocycles. The zero-order valence-electron chi connectivity index (χ0n) is 10.4. The van der Waals surface area contributed by atoms with Crippen LogP contribution in [0.5, 0.6) is 0 Å². The molecule has 0 aromatic heterocycles. The van der Waals surface area contributed by atoms with Crippen molar-refractivity contribution in [1.82, 2.24) is 0 Å². The molecule has 0 spiro atoms. The van der Waals surface area contributed by atoms with Crippen molar-refractivity contribution < 1.29 is 14.6 Å². The molecule has 2 N–H and O–H groups in total. The van der Waals surface area contributed by atoms with Gasteiger partial charge in [-0.2, -0.15) is 0 Å². The van der Waals surface area contributed by atoms with Crippen molar-refractivity contribution in [3.05, 3.63) is 29.8 Å². The Morgan fingerprint density at radius 2 is 2.00 bits per heavy atom. The van der Waals surface area contributed by atoms with Crippen molar-refractivity contribution in [3.8, 4) is 0 Å². The molecule has 4 nitrogen and oxygen atoms in total. The highest BCUT2D eigenvalue weighted by Crippen LogP contribution is 2.14. The van der Waals surface area contributed by atoms with Gasteiger partial charge >= 0.3 is 5.97 Å². The number of aliphatic carboxylic acids is 1. The average Bonchev–Trinajstić information content (AvgIpc) is 2.28. The number of hydrogen-bond donors (Lipinski definition) is 2. The van der Waals surface area contributed by atoms with Gasteiger partial charge in [0, 0.05) is 18.7 Å². The monoisotopic (exact) mass is 237 g/mol. The van der Waals surface area contributed by atoms with Gasteiger partial charge in [-0.05, 0) is 19.1 Å². The second kappa shape index (κ2) is 6.25. The number of anilines is 1. The van der Waals surface area contributed by atoms with Crippen LogP contribution in [0.25, 0.3) is 0 Å². The number of ether oxygens (including phenoxy) is 1. The summed E-state index contributed by atoms with van der Waals surface area (Å²) in [5.41, 5.74) is 1.96. The van der Waals surface area contributed by atoms with E-state index in [9.17, 15) is 4.79 Å². The summed E-state index contributed by atoms with van der Waals surface area (Å²) >= 11 is 0. The number of nitrogens with one attached hydrogen (secondary N) is 1. The molecule has 0 radical (unpaired) electrons. The molecule has 1 aromatic rings. The first-order chi connectivity index (χ1) is 8.04. The second-order valence-electron chi connectivity index (χ2n) is 4.26. The zero-order chi connectivity index (χ0) is 12.8. The number of carbonyl (C=O) groups is 1. The predicted molar refractivity (Wildman–Crippen MR) is 67.3 cm³/mol. The molecule has 2 atom stereocenters. The number of carboxylic acids is 1. The Balaban J connectivity index is 2.73. The van der Waals surface area contributed by atoms with Crippen LogP contribution in [-0.4, -0.2) is 30.8 Å². The minimum absolute atomic E-state index is 0.0983. The smallest absolute Gasteiger partial charge is 0.326 e. The van der Waals surface area contributed by atoms with Crippen molar-refractivity contribution in [1.29, 1.82) is 0 Å². The Morgan fingerprint density at radius 3 is 2.47 bits per heavy atom. The molecule has 0 saturated heterocycles. The van der Waals surface area contributed by atoms with Crippen LogP contribution in [-0.2, 0) is 9.53 Å². The van der Waals surface area contributed by atoms with Crippen molar-refractivity contribution in [2.24, 2.45) is 5.92 Å². The fourth-order valence-corrected chi connectivity index (χ4v) is 1.64. The van der Waals surface area contributed by atoms with Gasteiger partial charge in [-0.25, -0.2) is 4.79 Å². The van der Waals surface area contributed by atoms with Crippen LogP contribution in [0.1, 0.15) is 12.5 Å². The first-order valence-electron chi connectivity index (χ1n) is 5.59. The Labute approximate surface area is 102 Å². The van der Waals surface area contributed by atoms with Gasteiger partial charge in [0.15, 0.2) is 0 Å². The van der Waals surface area contributed by atoms with E-state index < -0.39 is 12.0 Å². The Kier molecular flexibility index (Phi) is 4.97. The normalized spacial score (nSPS) is 14.1. The number of carboxylic acid groups (broad SMARTS) is 1. The SMILES string of the molecule is COCC(C)C(Nc1ccc(C)cc1)C(=O)O. The fraction of sp³-hybridized carbons (Fsp3) is 0.462. The van der Waals surface area contributed by atoms with E-state index in [-0.39, 0.29) is 5.92 Å². The topological polar surface area (TPSA) is 58.6 Å². The van der Waals surface area contributed by atoms with E-state index >= 15 is 0 Å². The maximum Gasteiger partial charge on any atom is 0.326 e. The highest BCUT2D eigenvalue weighted by Gasteiger charge is 2.24. The van der Waals surface area contributed by atoms with Gasteiger partial charge in [0.05, 0.1) is 6.61 Å². The number of benzene rings is 1. The van der Waals surface area contributed by atoms with Crippen LogP contribution in [0.2, 0.25) is 0 Å². The van der Waals surface area contributed by atoms with Gasteiger partial charge in [-0.1, -0.05) is 24.6 Å². The molecule has 4 heteroatoms. The lowest BCUT2D eigenvalue weighted by Gasteiger charge is -2.21. The van der Waals surface area contributed by atoms with E-state index in [0.717, 1.165) is 11.3 Å². The summed E-state index contributed by atoms with van der Waals surface area (Å²) in [5, 5.41) is 12.2. The van der Waals surface area contributed by atoms with E-state index in [1.54, 1.807) is 7.11 Å². The third-order valence-corrected chi connectivity index (χ3v) is 2.64. The molecular formula is C13H19NO3. The van der Waals surface area contributed by atoms with Gasteiger partial charge < -0.3 is 15.2 Å². The van der Waals surface area contributed by atoms with Crippen LogP contribution < -0.4 is 5.32 Å². The first-order valence-corrected chi connectivity index (χ1v) is 5.59. The summed E-state index contributed by atoms with van der Waals surface area (Å²) in [7, 11) is 1.57. The molecule has 17 heavy (non-hydrogen) atoms. The number of hydrogen-bond acceptors (Lipinski definition) is 3. The summed E-state index contributed by atoms with van der Waals surface area (Å²) in [6.45, 7) is 4.26.